The molecule has 1 aromatic rings. The molecule has 7 heteroatoms. The zero-order chi connectivity index (χ0) is 17.1. The zero-order valence-corrected chi connectivity index (χ0v) is 14.8. The first kappa shape index (κ1) is 18.5. The minimum Gasteiger partial charge on any atom is -0.423 e. The highest BCUT2D eigenvalue weighted by atomic mass is 16.5. The van der Waals surface area contributed by atoms with E-state index >= 15 is 0 Å². The van der Waals surface area contributed by atoms with Gasteiger partial charge in [-0.15, -0.1) is 0 Å². The van der Waals surface area contributed by atoms with E-state index < -0.39 is 18.3 Å². The van der Waals surface area contributed by atoms with Crippen molar-refractivity contribution in [2.45, 2.75) is 64.7 Å². The van der Waals surface area contributed by atoms with Gasteiger partial charge < -0.3 is 19.7 Å². The van der Waals surface area contributed by atoms with Gasteiger partial charge in [-0.25, -0.2) is 0 Å². The van der Waals surface area contributed by atoms with Crippen molar-refractivity contribution in [3.8, 4) is 0 Å². The highest BCUT2D eigenvalue weighted by Gasteiger charge is 2.39. The summed E-state index contributed by atoms with van der Waals surface area (Å²) in [6, 6.07) is 0. The largest absolute Gasteiger partial charge is 0.494 e. The third-order valence-corrected chi connectivity index (χ3v) is 4.91. The molecule has 6 nitrogen and oxygen atoms in total. The molecule has 0 spiro atoms. The fraction of sp³-hybridized carbons (Fsp3) is 0.812. The third kappa shape index (κ3) is 5.04. The Bertz CT molecular complexity index is 493. The van der Waals surface area contributed by atoms with Gasteiger partial charge in [-0.2, -0.15) is 5.10 Å². The smallest absolute Gasteiger partial charge is 0.423 e. The Morgan fingerprint density at radius 2 is 1.83 bits per heavy atom. The maximum Gasteiger partial charge on any atom is 0.494 e. The van der Waals surface area contributed by atoms with Crippen molar-refractivity contribution in [1.82, 2.24) is 14.7 Å². The van der Waals surface area contributed by atoms with Crippen LogP contribution in [0.15, 0.2) is 12.4 Å². The first-order chi connectivity index (χ1) is 10.7. The Labute approximate surface area is 139 Å². The predicted octanol–water partition coefficient (Wildman–Crippen LogP) is 0.623. The number of hydrogen-bond donors (Lipinski definition) is 2. The van der Waals surface area contributed by atoms with Crippen molar-refractivity contribution in [2.24, 2.45) is 0 Å². The molecule has 0 amide bonds. The molecule has 0 aromatic carbocycles. The second kappa shape index (κ2) is 7.34. The minimum atomic E-state index is -1.10. The Morgan fingerprint density at radius 1 is 1.17 bits per heavy atom. The van der Waals surface area contributed by atoms with Crippen LogP contribution in [-0.2, 0) is 11.2 Å². The van der Waals surface area contributed by atoms with Crippen LogP contribution in [0.3, 0.4) is 0 Å². The summed E-state index contributed by atoms with van der Waals surface area (Å²) < 4.78 is 7.48. The van der Waals surface area contributed by atoms with Gasteiger partial charge in [-0.3, -0.25) is 4.68 Å². The van der Waals surface area contributed by atoms with E-state index in [1.807, 2.05) is 10.9 Å². The SMILES string of the molecule is CC(C)(O)C(C)(C)OB(O)c1cnn(CCN2CCCCC2)c1. The standard InChI is InChI=1S/C16H30BN3O3/c1-15(2,21)16(3,4)23-17(22)14-12-18-20(13-14)11-10-19-8-6-5-7-9-19/h12-13,21-22H,5-11H2,1-4H3. The van der Waals surface area contributed by atoms with Crippen LogP contribution in [0.4, 0.5) is 0 Å². The van der Waals surface area contributed by atoms with Crippen LogP contribution in [0.5, 0.6) is 0 Å². The molecule has 0 unspecified atom stereocenters. The molecule has 0 radical (unpaired) electrons. The second-order valence-electron chi connectivity index (χ2n) is 7.48. The average molecular weight is 323 g/mol. The summed E-state index contributed by atoms with van der Waals surface area (Å²) in [5, 5.41) is 24.7. The lowest BCUT2D eigenvalue weighted by molar-refractivity contribution is -0.0982. The van der Waals surface area contributed by atoms with Gasteiger partial charge in [0.1, 0.15) is 0 Å². The van der Waals surface area contributed by atoms with E-state index in [-0.39, 0.29) is 0 Å². The molecule has 2 N–H and O–H groups in total. The van der Waals surface area contributed by atoms with Gasteiger partial charge in [0.15, 0.2) is 0 Å². The molecule has 23 heavy (non-hydrogen) atoms. The molecule has 1 saturated heterocycles. The molecule has 1 aliphatic heterocycles. The molecule has 1 fully saturated rings. The van der Waals surface area contributed by atoms with E-state index in [2.05, 4.69) is 10.00 Å². The van der Waals surface area contributed by atoms with Crippen molar-refractivity contribution in [1.29, 1.82) is 0 Å². The maximum atomic E-state index is 10.3. The van der Waals surface area contributed by atoms with Gasteiger partial charge in [0, 0.05) is 24.4 Å². The minimum absolute atomic E-state index is 0.612. The Balaban J connectivity index is 1.88. The topological polar surface area (TPSA) is 70.7 Å². The number of piperidine rings is 1. The van der Waals surface area contributed by atoms with Crippen LogP contribution >= 0.6 is 0 Å². The summed E-state index contributed by atoms with van der Waals surface area (Å²) in [5.74, 6) is 0. The number of hydrogen-bond acceptors (Lipinski definition) is 5. The summed E-state index contributed by atoms with van der Waals surface area (Å²) in [4.78, 5) is 2.45. The molecule has 130 valence electrons. The van der Waals surface area contributed by atoms with E-state index in [9.17, 15) is 10.1 Å². The molecule has 0 aliphatic carbocycles. The Hall–Kier alpha value is -0.885. The van der Waals surface area contributed by atoms with E-state index in [0.29, 0.717) is 5.46 Å². The number of likely N-dealkylation sites (tertiary alicyclic amines) is 1. The lowest BCUT2D eigenvalue weighted by Gasteiger charge is -2.38. The van der Waals surface area contributed by atoms with Crippen LogP contribution in [0.25, 0.3) is 0 Å². The van der Waals surface area contributed by atoms with E-state index in [1.165, 1.54) is 32.4 Å². The van der Waals surface area contributed by atoms with Crippen LogP contribution in [0, 0.1) is 0 Å². The van der Waals surface area contributed by atoms with Crippen LogP contribution in [0.2, 0.25) is 0 Å². The summed E-state index contributed by atoms with van der Waals surface area (Å²) in [5.41, 5.74) is -1.32. The van der Waals surface area contributed by atoms with Gasteiger partial charge in [0.25, 0.3) is 0 Å². The summed E-state index contributed by atoms with van der Waals surface area (Å²) in [6.45, 7) is 11.0. The lowest BCUT2D eigenvalue weighted by Crippen LogP contribution is -2.53. The molecule has 1 aromatic heterocycles. The zero-order valence-electron chi connectivity index (χ0n) is 14.8. The number of rotatable bonds is 7. The highest BCUT2D eigenvalue weighted by molar-refractivity contribution is 6.59. The fourth-order valence-electron chi connectivity index (χ4n) is 2.55. The first-order valence-corrected chi connectivity index (χ1v) is 8.52. The second-order valence-corrected chi connectivity index (χ2v) is 7.48. The fourth-order valence-corrected chi connectivity index (χ4v) is 2.55. The maximum absolute atomic E-state index is 10.3. The van der Waals surface area contributed by atoms with Crippen LogP contribution in [0.1, 0.15) is 47.0 Å². The highest BCUT2D eigenvalue weighted by Crippen LogP contribution is 2.25. The average Bonchev–Trinajstić information content (AvgIpc) is 2.93. The van der Waals surface area contributed by atoms with E-state index in [1.54, 1.807) is 33.9 Å². The van der Waals surface area contributed by atoms with Crippen molar-refractivity contribution in [3.05, 3.63) is 12.4 Å². The van der Waals surface area contributed by atoms with Crippen molar-refractivity contribution < 1.29 is 14.8 Å². The van der Waals surface area contributed by atoms with Gasteiger partial charge in [0.2, 0.25) is 0 Å². The lowest BCUT2D eigenvalue weighted by atomic mass is 9.78. The van der Waals surface area contributed by atoms with Gasteiger partial charge >= 0.3 is 7.12 Å². The number of nitrogens with zero attached hydrogens (tertiary/aromatic N) is 3. The van der Waals surface area contributed by atoms with Crippen molar-refractivity contribution in [3.63, 3.8) is 0 Å². The van der Waals surface area contributed by atoms with E-state index in [0.717, 1.165) is 13.1 Å². The molecule has 2 rings (SSSR count). The first-order valence-electron chi connectivity index (χ1n) is 8.52. The molecule has 1 aliphatic rings. The summed E-state index contributed by atoms with van der Waals surface area (Å²) in [6.07, 6.45) is 7.34. The molecule has 0 saturated carbocycles. The Kier molecular flexibility index (Phi) is 5.89. The van der Waals surface area contributed by atoms with Crippen LogP contribution < -0.4 is 5.46 Å². The van der Waals surface area contributed by atoms with E-state index in [4.69, 9.17) is 4.65 Å². The third-order valence-electron chi connectivity index (χ3n) is 4.91. The Morgan fingerprint density at radius 3 is 2.43 bits per heavy atom. The molecule has 0 bridgehead atoms. The summed E-state index contributed by atoms with van der Waals surface area (Å²) in [7, 11) is -1.10. The van der Waals surface area contributed by atoms with Gasteiger partial charge in [0.05, 0.1) is 17.7 Å². The van der Waals surface area contributed by atoms with Crippen LogP contribution in [-0.4, -0.2) is 62.8 Å². The molecular weight excluding hydrogens is 293 g/mol. The number of aliphatic hydroxyl groups is 1. The van der Waals surface area contributed by atoms with Gasteiger partial charge in [-0.1, -0.05) is 6.42 Å². The molecule has 0 atom stereocenters. The predicted molar refractivity (Wildman–Crippen MR) is 91.6 cm³/mol. The molecular formula is C16H30BN3O3. The van der Waals surface area contributed by atoms with Crippen molar-refractivity contribution >= 4 is 12.6 Å². The summed E-state index contributed by atoms with van der Waals surface area (Å²) >= 11 is 0. The van der Waals surface area contributed by atoms with Gasteiger partial charge in [-0.05, 0) is 53.6 Å². The normalized spacial score (nSPS) is 17.5. The van der Waals surface area contributed by atoms with Crippen molar-refractivity contribution in [2.75, 3.05) is 19.6 Å². The number of aromatic nitrogens is 2. The molecule has 2 heterocycles. The quantitative estimate of drug-likeness (QED) is 0.720. The monoisotopic (exact) mass is 323 g/mol.